The molecule has 23 heavy (non-hydrogen) atoms. The third-order valence-corrected chi connectivity index (χ3v) is 4.44. The lowest BCUT2D eigenvalue weighted by Crippen LogP contribution is -2.30. The predicted octanol–water partition coefficient (Wildman–Crippen LogP) is 3.29. The van der Waals surface area contributed by atoms with Gasteiger partial charge in [-0.1, -0.05) is 6.07 Å². The molecule has 3 heteroatoms. The fourth-order valence-corrected chi connectivity index (χ4v) is 3.10. The lowest BCUT2D eigenvalue weighted by Gasteiger charge is -2.17. The molecule has 1 fully saturated rings. The number of hydrogen-bond acceptors (Lipinski definition) is 2. The Morgan fingerprint density at radius 3 is 2.70 bits per heavy atom. The Kier molecular flexibility index (Phi) is 5.09. The summed E-state index contributed by atoms with van der Waals surface area (Å²) in [7, 11) is 3.81. The maximum atomic E-state index is 5.54. The number of methoxy groups -OCH3 is 1. The van der Waals surface area contributed by atoms with Crippen molar-refractivity contribution in [1.82, 2.24) is 4.90 Å². The van der Waals surface area contributed by atoms with Crippen molar-refractivity contribution in [3.8, 4) is 5.75 Å². The summed E-state index contributed by atoms with van der Waals surface area (Å²) in [5.74, 6) is 0.985. The lowest BCUT2D eigenvalue weighted by molar-refractivity contribution is -0.673. The van der Waals surface area contributed by atoms with Crippen LogP contribution in [0.15, 0.2) is 42.6 Å². The van der Waals surface area contributed by atoms with Crippen LogP contribution >= 0.6 is 0 Å². The second-order valence-electron chi connectivity index (χ2n) is 6.12. The number of likely N-dealkylation sites (tertiary alicyclic amines) is 1. The maximum absolute atomic E-state index is 5.54. The summed E-state index contributed by atoms with van der Waals surface area (Å²) in [5, 5.41) is 0. The highest BCUT2D eigenvalue weighted by molar-refractivity contribution is 5.67. The topological polar surface area (TPSA) is 16.4 Å². The number of pyridine rings is 1. The number of aromatic nitrogens is 1. The van der Waals surface area contributed by atoms with Crippen molar-refractivity contribution < 1.29 is 9.30 Å². The van der Waals surface area contributed by atoms with Gasteiger partial charge in [-0.2, -0.15) is 0 Å². The van der Waals surface area contributed by atoms with E-state index in [1.165, 1.54) is 42.8 Å². The molecule has 0 radical (unpaired) electrons. The van der Waals surface area contributed by atoms with E-state index in [9.17, 15) is 0 Å². The van der Waals surface area contributed by atoms with Gasteiger partial charge < -0.3 is 4.74 Å². The van der Waals surface area contributed by atoms with Crippen LogP contribution in [0.5, 0.6) is 5.75 Å². The van der Waals surface area contributed by atoms with Crippen molar-refractivity contribution in [2.24, 2.45) is 7.05 Å². The summed E-state index contributed by atoms with van der Waals surface area (Å²) in [4.78, 5) is 2.50. The number of ether oxygens (including phenoxy) is 1. The van der Waals surface area contributed by atoms with Gasteiger partial charge in [0.2, 0.25) is 5.69 Å². The molecule has 0 atom stereocenters. The van der Waals surface area contributed by atoms with Crippen LogP contribution < -0.4 is 9.30 Å². The van der Waals surface area contributed by atoms with Crippen molar-refractivity contribution in [2.75, 3.05) is 20.2 Å². The SMILES string of the molecule is COc1ccc(/C=C/c2cccc[n+]2C)cc1CN1CCCC1. The van der Waals surface area contributed by atoms with Gasteiger partial charge in [0.1, 0.15) is 12.8 Å². The van der Waals surface area contributed by atoms with Crippen LogP contribution in [-0.2, 0) is 13.6 Å². The highest BCUT2D eigenvalue weighted by Crippen LogP contribution is 2.24. The van der Waals surface area contributed by atoms with E-state index in [1.807, 2.05) is 6.07 Å². The zero-order valence-electron chi connectivity index (χ0n) is 14.0. The molecule has 0 spiro atoms. The van der Waals surface area contributed by atoms with Crippen LogP contribution in [0.2, 0.25) is 0 Å². The molecule has 0 amide bonds. The van der Waals surface area contributed by atoms with E-state index < -0.39 is 0 Å². The zero-order chi connectivity index (χ0) is 16.1. The first-order chi connectivity index (χ1) is 11.3. The number of rotatable bonds is 5. The van der Waals surface area contributed by atoms with E-state index >= 15 is 0 Å². The molecule has 0 saturated carbocycles. The molecule has 1 aromatic heterocycles. The van der Waals surface area contributed by atoms with Gasteiger partial charge in [-0.05, 0) is 55.8 Å². The molecule has 1 saturated heterocycles. The Labute approximate surface area is 138 Å². The Bertz CT molecular complexity index is 688. The molecule has 3 rings (SSSR count). The van der Waals surface area contributed by atoms with E-state index in [0.717, 1.165) is 12.3 Å². The third kappa shape index (κ3) is 3.99. The first-order valence-corrected chi connectivity index (χ1v) is 8.28. The first-order valence-electron chi connectivity index (χ1n) is 8.28. The molecule has 1 aromatic carbocycles. The van der Waals surface area contributed by atoms with Crippen molar-refractivity contribution in [2.45, 2.75) is 19.4 Å². The molecule has 3 nitrogen and oxygen atoms in total. The third-order valence-electron chi connectivity index (χ3n) is 4.44. The van der Waals surface area contributed by atoms with E-state index in [2.05, 4.69) is 65.2 Å². The summed E-state index contributed by atoms with van der Waals surface area (Å²) < 4.78 is 7.65. The molecular weight excluding hydrogens is 284 g/mol. The van der Waals surface area contributed by atoms with Gasteiger partial charge in [0, 0.05) is 30.3 Å². The Morgan fingerprint density at radius 1 is 1.13 bits per heavy atom. The van der Waals surface area contributed by atoms with Gasteiger partial charge >= 0.3 is 0 Å². The van der Waals surface area contributed by atoms with Crippen LogP contribution in [0, 0.1) is 0 Å². The predicted molar refractivity (Wildman–Crippen MR) is 94.1 cm³/mol. The van der Waals surface area contributed by atoms with Crippen molar-refractivity contribution >= 4 is 12.2 Å². The second kappa shape index (κ2) is 7.42. The van der Waals surface area contributed by atoms with Crippen LogP contribution in [0.3, 0.4) is 0 Å². The minimum Gasteiger partial charge on any atom is -0.496 e. The summed E-state index contributed by atoms with van der Waals surface area (Å²) in [6.45, 7) is 3.37. The first kappa shape index (κ1) is 15.8. The van der Waals surface area contributed by atoms with Crippen molar-refractivity contribution in [3.63, 3.8) is 0 Å². The van der Waals surface area contributed by atoms with Gasteiger partial charge in [0.05, 0.1) is 7.11 Å². The molecule has 2 aromatic rings. The molecule has 2 heterocycles. The van der Waals surface area contributed by atoms with Gasteiger partial charge in [0.25, 0.3) is 0 Å². The minimum atomic E-state index is 0.976. The van der Waals surface area contributed by atoms with E-state index in [4.69, 9.17) is 4.74 Å². The number of benzene rings is 1. The summed E-state index contributed by atoms with van der Waals surface area (Å²) >= 11 is 0. The van der Waals surface area contributed by atoms with Crippen LogP contribution in [0.4, 0.5) is 0 Å². The highest BCUT2D eigenvalue weighted by Gasteiger charge is 2.14. The molecular formula is C20H25N2O+. The van der Waals surface area contributed by atoms with Crippen molar-refractivity contribution in [3.05, 3.63) is 59.4 Å². The standard InChI is InChI=1S/C20H25N2O/c1-21-12-4-3-7-19(21)10-8-17-9-11-20(23-2)18(15-17)16-22-13-5-6-14-22/h3-4,7-12,15H,5-6,13-14,16H2,1-2H3/q+1/b10-8+. The van der Waals surface area contributed by atoms with E-state index in [-0.39, 0.29) is 0 Å². The van der Waals surface area contributed by atoms with Crippen molar-refractivity contribution in [1.29, 1.82) is 0 Å². The van der Waals surface area contributed by atoms with E-state index in [1.54, 1.807) is 7.11 Å². The Morgan fingerprint density at radius 2 is 1.96 bits per heavy atom. The van der Waals surface area contributed by atoms with Crippen LogP contribution in [0.25, 0.3) is 12.2 Å². The molecule has 1 aliphatic heterocycles. The van der Waals surface area contributed by atoms with Gasteiger partial charge in [-0.25, -0.2) is 4.57 Å². The second-order valence-corrected chi connectivity index (χ2v) is 6.12. The number of nitrogens with zero attached hydrogens (tertiary/aromatic N) is 2. The van der Waals surface area contributed by atoms with Gasteiger partial charge in [0.15, 0.2) is 6.20 Å². The Hall–Kier alpha value is -2.13. The number of hydrogen-bond donors (Lipinski definition) is 0. The Balaban J connectivity index is 1.81. The fraction of sp³-hybridized carbons (Fsp3) is 0.350. The molecule has 0 N–H and O–H groups in total. The summed E-state index contributed by atoms with van der Waals surface area (Å²) in [6.07, 6.45) is 9.01. The van der Waals surface area contributed by atoms with Crippen LogP contribution in [0.1, 0.15) is 29.7 Å². The molecule has 0 aliphatic carbocycles. The van der Waals surface area contributed by atoms with Crippen LogP contribution in [-0.4, -0.2) is 25.1 Å². The quantitative estimate of drug-likeness (QED) is 0.788. The average Bonchev–Trinajstić information content (AvgIpc) is 3.07. The normalized spacial score (nSPS) is 15.4. The minimum absolute atomic E-state index is 0.976. The molecule has 0 unspecified atom stereocenters. The largest absolute Gasteiger partial charge is 0.496 e. The average molecular weight is 309 g/mol. The smallest absolute Gasteiger partial charge is 0.204 e. The molecule has 1 aliphatic rings. The molecule has 120 valence electrons. The molecule has 0 bridgehead atoms. The lowest BCUT2D eigenvalue weighted by atomic mass is 10.1. The summed E-state index contributed by atoms with van der Waals surface area (Å²) in [6, 6.07) is 12.7. The van der Waals surface area contributed by atoms with Gasteiger partial charge in [-0.3, -0.25) is 4.90 Å². The zero-order valence-corrected chi connectivity index (χ0v) is 14.0. The summed E-state index contributed by atoms with van der Waals surface area (Å²) in [5.41, 5.74) is 3.67. The van der Waals surface area contributed by atoms with E-state index in [0.29, 0.717) is 0 Å². The van der Waals surface area contributed by atoms with Gasteiger partial charge in [-0.15, -0.1) is 0 Å². The number of aryl methyl sites for hydroxylation is 1. The maximum Gasteiger partial charge on any atom is 0.204 e. The fourth-order valence-electron chi connectivity index (χ4n) is 3.10. The monoisotopic (exact) mass is 309 g/mol. The highest BCUT2D eigenvalue weighted by atomic mass is 16.5.